The van der Waals surface area contributed by atoms with Crippen molar-refractivity contribution in [1.82, 2.24) is 5.32 Å². The van der Waals surface area contributed by atoms with Crippen molar-refractivity contribution in [3.05, 3.63) is 53.7 Å². The first-order valence-electron chi connectivity index (χ1n) is 5.88. The van der Waals surface area contributed by atoms with Crippen LogP contribution in [0.5, 0.6) is 0 Å². The van der Waals surface area contributed by atoms with Crippen LogP contribution in [0.1, 0.15) is 23.0 Å². The Kier molecular flexibility index (Phi) is 4.27. The Morgan fingerprint density at radius 2 is 2.26 bits per heavy atom. The molecule has 2 rings (SSSR count). The highest BCUT2D eigenvalue weighted by Gasteiger charge is 2.12. The van der Waals surface area contributed by atoms with Crippen LogP contribution in [0.4, 0.5) is 4.39 Å². The molecule has 1 aromatic heterocycles. The van der Waals surface area contributed by atoms with Crippen molar-refractivity contribution < 1.29 is 13.6 Å². The Hall–Kier alpha value is -1.75. The summed E-state index contributed by atoms with van der Waals surface area (Å²) in [5, 5.41) is 2.83. The zero-order valence-corrected chi connectivity index (χ0v) is 11.3. The van der Waals surface area contributed by atoms with Gasteiger partial charge < -0.3 is 9.73 Å². The topological polar surface area (TPSA) is 42.2 Å². The third-order valence-corrected chi connectivity index (χ3v) is 3.02. The van der Waals surface area contributed by atoms with Gasteiger partial charge in [-0.1, -0.05) is 0 Å². The molecule has 1 aromatic carbocycles. The second-order valence-corrected chi connectivity index (χ2v) is 4.81. The first-order valence-corrected chi connectivity index (χ1v) is 6.32. The number of thiol groups is 1. The lowest BCUT2D eigenvalue weighted by atomic mass is 10.1. The molecule has 1 atom stereocenters. The summed E-state index contributed by atoms with van der Waals surface area (Å²) in [5.41, 5.74) is 0.387. The van der Waals surface area contributed by atoms with Crippen molar-refractivity contribution in [3.63, 3.8) is 0 Å². The maximum atomic E-state index is 13.1. The Morgan fingerprint density at radius 3 is 2.89 bits per heavy atom. The van der Waals surface area contributed by atoms with E-state index in [1.807, 2.05) is 13.0 Å². The molecule has 19 heavy (non-hydrogen) atoms. The van der Waals surface area contributed by atoms with Crippen LogP contribution in [0.3, 0.4) is 0 Å². The normalized spacial score (nSPS) is 12.2. The standard InChI is InChI=1S/C14H14FNO2S/c1-9(7-11-3-2-6-18-11)16-14(17)10-4-5-12(15)13(19)8-10/h2-6,8-9,19H,7H2,1H3,(H,16,17). The Balaban J connectivity index is 1.98. The van der Waals surface area contributed by atoms with Gasteiger partial charge in [-0.2, -0.15) is 0 Å². The van der Waals surface area contributed by atoms with E-state index in [0.29, 0.717) is 12.0 Å². The van der Waals surface area contributed by atoms with E-state index in [0.717, 1.165) is 5.76 Å². The van der Waals surface area contributed by atoms with Gasteiger partial charge in [0.2, 0.25) is 0 Å². The summed E-state index contributed by atoms with van der Waals surface area (Å²) in [6, 6.07) is 7.65. The first-order chi connectivity index (χ1) is 9.06. The number of amides is 1. The van der Waals surface area contributed by atoms with Crippen LogP contribution in [-0.4, -0.2) is 11.9 Å². The fourth-order valence-electron chi connectivity index (χ4n) is 1.74. The second-order valence-electron chi connectivity index (χ2n) is 4.32. The largest absolute Gasteiger partial charge is 0.469 e. The molecule has 0 saturated heterocycles. The van der Waals surface area contributed by atoms with Gasteiger partial charge in [-0.25, -0.2) is 4.39 Å². The van der Waals surface area contributed by atoms with E-state index in [1.54, 1.807) is 12.3 Å². The van der Waals surface area contributed by atoms with Gasteiger partial charge in [-0.05, 0) is 37.3 Å². The Morgan fingerprint density at radius 1 is 1.47 bits per heavy atom. The molecule has 1 amide bonds. The smallest absolute Gasteiger partial charge is 0.251 e. The van der Waals surface area contributed by atoms with Crippen molar-refractivity contribution in [2.45, 2.75) is 24.3 Å². The lowest BCUT2D eigenvalue weighted by Crippen LogP contribution is -2.34. The highest BCUT2D eigenvalue weighted by Crippen LogP contribution is 2.14. The third-order valence-electron chi connectivity index (χ3n) is 2.67. The molecule has 1 unspecified atom stereocenters. The van der Waals surface area contributed by atoms with Gasteiger partial charge in [0.05, 0.1) is 6.26 Å². The summed E-state index contributed by atoms with van der Waals surface area (Å²) in [7, 11) is 0. The predicted octanol–water partition coefficient (Wildman–Crippen LogP) is 3.07. The quantitative estimate of drug-likeness (QED) is 0.845. The summed E-state index contributed by atoms with van der Waals surface area (Å²) >= 11 is 3.95. The second kappa shape index (κ2) is 5.93. The van der Waals surface area contributed by atoms with Gasteiger partial charge in [-0.3, -0.25) is 4.79 Å². The van der Waals surface area contributed by atoms with E-state index in [9.17, 15) is 9.18 Å². The van der Waals surface area contributed by atoms with Crippen molar-refractivity contribution in [2.75, 3.05) is 0 Å². The number of hydrogen-bond donors (Lipinski definition) is 2. The molecule has 0 fully saturated rings. The first kappa shape index (κ1) is 13.7. The number of rotatable bonds is 4. The lowest BCUT2D eigenvalue weighted by Gasteiger charge is -2.12. The van der Waals surface area contributed by atoms with E-state index >= 15 is 0 Å². The van der Waals surface area contributed by atoms with Crippen molar-refractivity contribution in [1.29, 1.82) is 0 Å². The minimum atomic E-state index is -0.441. The maximum Gasteiger partial charge on any atom is 0.251 e. The van der Waals surface area contributed by atoms with Crippen LogP contribution >= 0.6 is 12.6 Å². The Labute approximate surface area is 116 Å². The van der Waals surface area contributed by atoms with Gasteiger partial charge in [0.1, 0.15) is 11.6 Å². The van der Waals surface area contributed by atoms with Gasteiger partial charge in [0, 0.05) is 22.9 Å². The molecule has 2 aromatic rings. The number of halogens is 1. The summed E-state index contributed by atoms with van der Waals surface area (Å²) in [4.78, 5) is 12.1. The number of carbonyl (C=O) groups excluding carboxylic acids is 1. The van der Waals surface area contributed by atoms with Gasteiger partial charge in [0.15, 0.2) is 0 Å². The molecule has 0 aliphatic carbocycles. The summed E-state index contributed by atoms with van der Waals surface area (Å²) in [6.07, 6.45) is 2.20. The molecular weight excluding hydrogens is 265 g/mol. The van der Waals surface area contributed by atoms with Crippen LogP contribution in [0.2, 0.25) is 0 Å². The molecule has 5 heteroatoms. The number of benzene rings is 1. The minimum absolute atomic E-state index is 0.0768. The number of nitrogens with one attached hydrogen (secondary N) is 1. The van der Waals surface area contributed by atoms with E-state index in [4.69, 9.17) is 4.42 Å². The Bertz CT molecular complexity index is 569. The number of hydrogen-bond acceptors (Lipinski definition) is 3. The molecular formula is C14H14FNO2S. The lowest BCUT2D eigenvalue weighted by molar-refractivity contribution is 0.0939. The maximum absolute atomic E-state index is 13.1. The molecule has 1 N–H and O–H groups in total. The molecule has 0 saturated carbocycles. The van der Waals surface area contributed by atoms with Gasteiger partial charge in [0.25, 0.3) is 5.91 Å². The molecule has 100 valence electrons. The van der Waals surface area contributed by atoms with E-state index in [-0.39, 0.29) is 16.8 Å². The molecule has 1 heterocycles. The highest BCUT2D eigenvalue weighted by molar-refractivity contribution is 7.80. The van der Waals surface area contributed by atoms with Crippen molar-refractivity contribution in [3.8, 4) is 0 Å². The van der Waals surface area contributed by atoms with Crippen LogP contribution in [0.25, 0.3) is 0 Å². The SMILES string of the molecule is CC(Cc1ccco1)NC(=O)c1ccc(F)c(S)c1. The molecule has 0 aliphatic rings. The summed E-state index contributed by atoms with van der Waals surface area (Å²) in [6.45, 7) is 1.88. The third kappa shape index (κ3) is 3.61. The minimum Gasteiger partial charge on any atom is -0.469 e. The number of furan rings is 1. The van der Waals surface area contributed by atoms with Crippen LogP contribution in [0.15, 0.2) is 45.9 Å². The van der Waals surface area contributed by atoms with Crippen molar-refractivity contribution >= 4 is 18.5 Å². The fourth-order valence-corrected chi connectivity index (χ4v) is 1.96. The zero-order valence-electron chi connectivity index (χ0n) is 10.4. The average molecular weight is 279 g/mol. The van der Waals surface area contributed by atoms with E-state index < -0.39 is 5.82 Å². The molecule has 3 nitrogen and oxygen atoms in total. The van der Waals surface area contributed by atoms with Gasteiger partial charge in [-0.15, -0.1) is 12.6 Å². The highest BCUT2D eigenvalue weighted by atomic mass is 32.1. The van der Waals surface area contributed by atoms with E-state index in [1.165, 1.54) is 18.2 Å². The van der Waals surface area contributed by atoms with Gasteiger partial charge >= 0.3 is 0 Å². The molecule has 0 spiro atoms. The fraction of sp³-hybridized carbons (Fsp3) is 0.214. The van der Waals surface area contributed by atoms with Crippen LogP contribution in [0, 0.1) is 5.82 Å². The monoisotopic (exact) mass is 279 g/mol. The molecule has 0 bridgehead atoms. The van der Waals surface area contributed by atoms with Crippen LogP contribution in [-0.2, 0) is 6.42 Å². The number of carbonyl (C=O) groups is 1. The average Bonchev–Trinajstić information content (AvgIpc) is 2.85. The van der Waals surface area contributed by atoms with Crippen molar-refractivity contribution in [2.24, 2.45) is 0 Å². The molecule has 0 radical (unpaired) electrons. The zero-order chi connectivity index (χ0) is 13.8. The summed E-state index contributed by atoms with van der Waals surface area (Å²) in [5.74, 6) is 0.111. The summed E-state index contributed by atoms with van der Waals surface area (Å²) < 4.78 is 18.3. The molecule has 0 aliphatic heterocycles. The van der Waals surface area contributed by atoms with E-state index in [2.05, 4.69) is 17.9 Å². The predicted molar refractivity (Wildman–Crippen MR) is 73.0 cm³/mol. The van der Waals surface area contributed by atoms with Crippen LogP contribution < -0.4 is 5.32 Å².